The van der Waals surface area contributed by atoms with E-state index in [2.05, 4.69) is 0 Å². The number of halogens is 3. The van der Waals surface area contributed by atoms with Crippen LogP contribution in [0.3, 0.4) is 0 Å². The zero-order valence-corrected chi connectivity index (χ0v) is 11.0. The molecule has 0 bridgehead atoms. The predicted molar refractivity (Wildman–Crippen MR) is 59.9 cm³/mol. The molecule has 0 fully saturated rings. The summed E-state index contributed by atoms with van der Waals surface area (Å²) in [5.74, 6) is -0.337. The minimum absolute atomic E-state index is 0.139. The normalized spacial score (nSPS) is 14.4. The van der Waals surface area contributed by atoms with Crippen LogP contribution in [0.1, 0.15) is 20.8 Å². The summed E-state index contributed by atoms with van der Waals surface area (Å²) in [6, 6.07) is 0. The highest BCUT2D eigenvalue weighted by Gasteiger charge is 2.37. The third kappa shape index (κ3) is 7.56. The molecule has 104 valence electrons. The van der Waals surface area contributed by atoms with Crippen molar-refractivity contribution in [3.8, 4) is 0 Å². The molecule has 0 atom stereocenters. The van der Waals surface area contributed by atoms with Crippen LogP contribution in [-0.2, 0) is 10.0 Å². The van der Waals surface area contributed by atoms with Crippen molar-refractivity contribution in [2.75, 3.05) is 25.4 Å². The summed E-state index contributed by atoms with van der Waals surface area (Å²) in [5.41, 5.74) is 4.54. The summed E-state index contributed by atoms with van der Waals surface area (Å²) in [7, 11) is -3.94. The molecule has 0 saturated heterocycles. The average Bonchev–Trinajstić information content (AvgIpc) is 1.95. The highest BCUT2D eigenvalue weighted by atomic mass is 32.2. The van der Waals surface area contributed by atoms with Gasteiger partial charge in [0.15, 0.2) is 0 Å². The first-order chi connectivity index (χ1) is 7.37. The second kappa shape index (κ2) is 5.53. The van der Waals surface area contributed by atoms with Crippen molar-refractivity contribution in [1.29, 1.82) is 0 Å². The van der Waals surface area contributed by atoms with Gasteiger partial charge in [-0.15, -0.1) is 0 Å². The van der Waals surface area contributed by atoms with Crippen LogP contribution in [0, 0.1) is 5.41 Å². The smallest absolute Gasteiger partial charge is 0.329 e. The van der Waals surface area contributed by atoms with Gasteiger partial charge >= 0.3 is 6.18 Å². The lowest BCUT2D eigenvalue weighted by Gasteiger charge is -2.27. The van der Waals surface area contributed by atoms with E-state index in [-0.39, 0.29) is 18.8 Å². The molecule has 17 heavy (non-hydrogen) atoms. The summed E-state index contributed by atoms with van der Waals surface area (Å²) in [6.07, 6.45) is -4.56. The monoisotopic (exact) mass is 276 g/mol. The Morgan fingerprint density at radius 3 is 1.94 bits per heavy atom. The molecule has 8 heteroatoms. The van der Waals surface area contributed by atoms with Crippen LogP contribution < -0.4 is 5.73 Å². The van der Waals surface area contributed by atoms with Gasteiger partial charge in [0, 0.05) is 13.1 Å². The maximum absolute atomic E-state index is 12.2. The number of nitrogens with two attached hydrogens (primary N) is 1. The molecule has 2 N–H and O–H groups in total. The fourth-order valence-corrected chi connectivity index (χ4v) is 3.30. The lowest BCUT2D eigenvalue weighted by atomic mass is 10.0. The van der Waals surface area contributed by atoms with Gasteiger partial charge in [-0.1, -0.05) is 20.8 Å². The third-order valence-electron chi connectivity index (χ3n) is 1.74. The van der Waals surface area contributed by atoms with E-state index in [0.29, 0.717) is 4.31 Å². The van der Waals surface area contributed by atoms with Gasteiger partial charge in [-0.25, -0.2) is 8.42 Å². The lowest BCUT2D eigenvalue weighted by molar-refractivity contribution is -0.136. The van der Waals surface area contributed by atoms with E-state index < -0.39 is 28.2 Å². The van der Waals surface area contributed by atoms with Gasteiger partial charge in [-0.3, -0.25) is 0 Å². The molecule has 0 aromatic heterocycles. The Morgan fingerprint density at radius 1 is 1.18 bits per heavy atom. The molecule has 0 saturated carbocycles. The number of sulfonamides is 1. The molecule has 0 radical (unpaired) electrons. The van der Waals surface area contributed by atoms with Crippen molar-refractivity contribution in [3.05, 3.63) is 0 Å². The average molecular weight is 276 g/mol. The molecule has 0 heterocycles. The van der Waals surface area contributed by atoms with Crippen LogP contribution in [-0.4, -0.2) is 44.3 Å². The number of nitrogens with zero attached hydrogens (tertiary/aromatic N) is 1. The van der Waals surface area contributed by atoms with Crippen LogP contribution in [0.4, 0.5) is 13.2 Å². The summed E-state index contributed by atoms with van der Waals surface area (Å²) in [5, 5.41) is 0. The second-order valence-corrected chi connectivity index (χ2v) is 7.02. The minimum Gasteiger partial charge on any atom is -0.329 e. The Balaban J connectivity index is 4.93. The molecule has 0 unspecified atom stereocenters. The quantitative estimate of drug-likeness (QED) is 0.820. The van der Waals surface area contributed by atoms with Gasteiger partial charge in [0.05, 0.1) is 5.75 Å². The van der Waals surface area contributed by atoms with E-state index >= 15 is 0 Å². The van der Waals surface area contributed by atoms with E-state index in [9.17, 15) is 21.6 Å². The largest absolute Gasteiger partial charge is 0.402 e. The SMILES string of the molecule is CC(C)(C)CS(=O)(=O)N(CCN)CC(F)(F)F. The first-order valence-electron chi connectivity index (χ1n) is 5.12. The van der Waals surface area contributed by atoms with Crippen LogP contribution in [0.15, 0.2) is 0 Å². The second-order valence-electron chi connectivity index (χ2n) is 5.05. The summed E-state index contributed by atoms with van der Waals surface area (Å²) in [6.45, 7) is 3.01. The van der Waals surface area contributed by atoms with Crippen LogP contribution >= 0.6 is 0 Å². The van der Waals surface area contributed by atoms with E-state index in [1.165, 1.54) is 0 Å². The molecule has 4 nitrogen and oxygen atoms in total. The summed E-state index contributed by atoms with van der Waals surface area (Å²) < 4.78 is 60.7. The predicted octanol–water partition coefficient (Wildman–Crippen LogP) is 1.19. The molecule has 0 aliphatic rings. The topological polar surface area (TPSA) is 63.4 Å². The van der Waals surface area contributed by atoms with Crippen molar-refractivity contribution in [2.45, 2.75) is 26.9 Å². The van der Waals surface area contributed by atoms with Crippen molar-refractivity contribution in [3.63, 3.8) is 0 Å². The number of alkyl halides is 3. The van der Waals surface area contributed by atoms with E-state index in [0.717, 1.165) is 0 Å². The van der Waals surface area contributed by atoms with E-state index in [1.54, 1.807) is 20.8 Å². The minimum atomic E-state index is -4.56. The van der Waals surface area contributed by atoms with Crippen LogP contribution in [0.25, 0.3) is 0 Å². The fourth-order valence-electron chi connectivity index (χ4n) is 1.30. The fraction of sp³-hybridized carbons (Fsp3) is 1.00. The zero-order valence-electron chi connectivity index (χ0n) is 10.2. The van der Waals surface area contributed by atoms with Crippen molar-refractivity contribution < 1.29 is 21.6 Å². The number of hydrogen-bond acceptors (Lipinski definition) is 3. The summed E-state index contributed by atoms with van der Waals surface area (Å²) >= 11 is 0. The van der Waals surface area contributed by atoms with Gasteiger partial charge < -0.3 is 5.73 Å². The molecule has 0 rings (SSSR count). The summed E-state index contributed by atoms with van der Waals surface area (Å²) in [4.78, 5) is 0. The first kappa shape index (κ1) is 16.7. The molecule has 0 aromatic carbocycles. The van der Waals surface area contributed by atoms with Gasteiger partial charge in [0.25, 0.3) is 0 Å². The van der Waals surface area contributed by atoms with Crippen LogP contribution in [0.2, 0.25) is 0 Å². The Morgan fingerprint density at radius 2 is 1.65 bits per heavy atom. The zero-order chi connectivity index (χ0) is 13.9. The van der Waals surface area contributed by atoms with Gasteiger partial charge in [-0.05, 0) is 5.41 Å². The highest BCUT2D eigenvalue weighted by Crippen LogP contribution is 2.22. The maximum atomic E-state index is 12.2. The van der Waals surface area contributed by atoms with Gasteiger partial charge in [-0.2, -0.15) is 17.5 Å². The van der Waals surface area contributed by atoms with E-state index in [4.69, 9.17) is 5.73 Å². The van der Waals surface area contributed by atoms with Crippen molar-refractivity contribution >= 4 is 10.0 Å². The van der Waals surface area contributed by atoms with Crippen molar-refractivity contribution in [1.82, 2.24) is 4.31 Å². The maximum Gasteiger partial charge on any atom is 0.402 e. The molecule has 0 aliphatic heterocycles. The molecule has 0 amide bonds. The van der Waals surface area contributed by atoms with Gasteiger partial charge in [0.2, 0.25) is 10.0 Å². The van der Waals surface area contributed by atoms with Crippen LogP contribution in [0.5, 0.6) is 0 Å². The number of rotatable bonds is 5. The molecule has 0 aliphatic carbocycles. The Hall–Kier alpha value is -0.340. The third-order valence-corrected chi connectivity index (χ3v) is 4.07. The first-order valence-corrected chi connectivity index (χ1v) is 6.73. The van der Waals surface area contributed by atoms with Crippen molar-refractivity contribution in [2.24, 2.45) is 11.1 Å². The molecular weight excluding hydrogens is 257 g/mol. The molecule has 0 aromatic rings. The molecular formula is C9H19F3N2O2S. The van der Waals surface area contributed by atoms with Gasteiger partial charge in [0.1, 0.15) is 6.54 Å². The standard InChI is InChI=1S/C9H19F3N2O2S/c1-8(2,3)7-17(15,16)14(5-4-13)6-9(10,11)12/h4-7,13H2,1-3H3. The Kier molecular flexibility index (Phi) is 5.42. The van der Waals surface area contributed by atoms with E-state index in [1.807, 2.05) is 0 Å². The number of hydrogen-bond donors (Lipinski definition) is 1. The molecule has 0 spiro atoms. The highest BCUT2D eigenvalue weighted by molar-refractivity contribution is 7.89. The lowest BCUT2D eigenvalue weighted by Crippen LogP contribution is -2.44. The Bertz CT molecular complexity index is 333. The Labute approximate surface area is 100 Å².